The van der Waals surface area contributed by atoms with Gasteiger partial charge in [-0.25, -0.2) is 0 Å². The van der Waals surface area contributed by atoms with Crippen molar-refractivity contribution in [1.29, 1.82) is 0 Å². The third kappa shape index (κ3) is 2.78. The van der Waals surface area contributed by atoms with Gasteiger partial charge in [0, 0.05) is 24.8 Å². The van der Waals surface area contributed by atoms with Gasteiger partial charge in [-0.1, -0.05) is 6.07 Å². The van der Waals surface area contributed by atoms with E-state index in [0.717, 1.165) is 51.6 Å². The molecule has 3 aliphatic heterocycles. The number of phenolic OH excluding ortho intramolecular Hbond substituents is 1. The van der Waals surface area contributed by atoms with Gasteiger partial charge in [0.1, 0.15) is 17.7 Å². The maximum absolute atomic E-state index is 13.2. The number of likely N-dealkylation sites (tertiary alicyclic amines) is 2. The molecule has 1 N–H and O–H groups in total. The summed E-state index contributed by atoms with van der Waals surface area (Å²) in [7, 11) is 4.07. The molecule has 1 spiro atoms. The molecule has 186 valence electrons. The lowest BCUT2D eigenvalue weighted by molar-refractivity contribution is -0.213. The van der Waals surface area contributed by atoms with Crippen molar-refractivity contribution in [3.8, 4) is 11.5 Å². The highest BCUT2D eigenvalue weighted by Gasteiger charge is 2.74. The van der Waals surface area contributed by atoms with E-state index in [1.807, 2.05) is 27.9 Å². The van der Waals surface area contributed by atoms with Crippen LogP contribution in [0.5, 0.6) is 11.5 Å². The summed E-state index contributed by atoms with van der Waals surface area (Å²) in [5.41, 5.74) is 1.23. The molecule has 3 heterocycles. The van der Waals surface area contributed by atoms with Gasteiger partial charge in [0.15, 0.2) is 11.5 Å². The largest absolute Gasteiger partial charge is 0.504 e. The van der Waals surface area contributed by atoms with Gasteiger partial charge in [-0.05, 0) is 91.1 Å². The van der Waals surface area contributed by atoms with Crippen LogP contribution < -0.4 is 4.74 Å². The Balaban J connectivity index is 1.45. The van der Waals surface area contributed by atoms with E-state index < -0.39 is 5.60 Å². The first-order valence-corrected chi connectivity index (χ1v) is 12.9. The minimum atomic E-state index is -0.507. The molecule has 0 amide bonds. The predicted octanol–water partition coefficient (Wildman–Crippen LogP) is 3.00. The zero-order chi connectivity index (χ0) is 24.0. The van der Waals surface area contributed by atoms with Gasteiger partial charge in [0.2, 0.25) is 0 Å². The summed E-state index contributed by atoms with van der Waals surface area (Å²) >= 11 is 0. The Hall–Kier alpha value is -1.83. The molecule has 5 aliphatic rings. The number of methoxy groups -OCH3 is 1. The topological polar surface area (TPSA) is 71.5 Å². The van der Waals surface area contributed by atoms with E-state index in [4.69, 9.17) is 14.2 Å². The Labute approximate surface area is 202 Å². The molecular formula is C27H38N2O5. The average Bonchev–Trinajstić information content (AvgIpc) is 3.39. The standard InChI is InChI=1S/C27H38N2O5/c1-25(2,3)34-24(31)18-7-6-13-29(18)17-10-11-27(32-5)20-15-16-8-9-19(30)22-21(16)26(27,23(17)33-22)12-14-28(20)4/h8-9,17-18,20,23,30H,6-7,10-15H2,1-5H3/t17-,18-,20+,23-,26-,27+/m0/s1. The van der Waals surface area contributed by atoms with E-state index in [2.05, 4.69) is 22.9 Å². The molecule has 0 aromatic heterocycles. The monoisotopic (exact) mass is 470 g/mol. The summed E-state index contributed by atoms with van der Waals surface area (Å²) in [4.78, 5) is 18.0. The quantitative estimate of drug-likeness (QED) is 0.681. The SMILES string of the molecule is CO[C@@]12CC[C@H](N3CCC[C@H]3C(=O)OC(C)(C)C)[C@@H]3Oc4c(O)ccc5c4[C@@]31CCN(C)[C@@H]2C5. The summed E-state index contributed by atoms with van der Waals surface area (Å²) in [6, 6.07) is 3.95. The van der Waals surface area contributed by atoms with Crippen LogP contribution in [0, 0.1) is 0 Å². The number of likely N-dealkylation sites (N-methyl/N-ethyl adjacent to an activating group) is 1. The number of hydrogen-bond donors (Lipinski definition) is 1. The molecule has 2 aliphatic carbocycles. The smallest absolute Gasteiger partial charge is 0.323 e. The zero-order valence-electron chi connectivity index (χ0n) is 21.1. The Morgan fingerprint density at radius 2 is 2.00 bits per heavy atom. The Morgan fingerprint density at radius 3 is 2.74 bits per heavy atom. The lowest BCUT2D eigenvalue weighted by atomic mass is 9.48. The number of rotatable bonds is 3. The first-order valence-electron chi connectivity index (χ1n) is 12.9. The number of esters is 1. The van der Waals surface area contributed by atoms with E-state index in [0.29, 0.717) is 5.75 Å². The van der Waals surface area contributed by atoms with Crippen LogP contribution in [0.25, 0.3) is 0 Å². The number of piperidine rings is 1. The number of carbonyl (C=O) groups excluding carboxylic acids is 1. The number of carbonyl (C=O) groups is 1. The summed E-state index contributed by atoms with van der Waals surface area (Å²) in [6.45, 7) is 7.62. The molecule has 2 saturated heterocycles. The third-order valence-electron chi connectivity index (χ3n) is 9.42. The van der Waals surface area contributed by atoms with E-state index in [1.165, 1.54) is 11.1 Å². The van der Waals surface area contributed by atoms with E-state index in [9.17, 15) is 9.90 Å². The van der Waals surface area contributed by atoms with E-state index in [1.54, 1.807) is 6.07 Å². The molecule has 34 heavy (non-hydrogen) atoms. The fraction of sp³-hybridized carbons (Fsp3) is 0.741. The number of nitrogens with zero attached hydrogens (tertiary/aromatic N) is 2. The average molecular weight is 471 g/mol. The molecule has 6 rings (SSSR count). The van der Waals surface area contributed by atoms with Crippen LogP contribution in [0.1, 0.15) is 64.0 Å². The van der Waals surface area contributed by atoms with Gasteiger partial charge in [0.05, 0.1) is 11.0 Å². The second-order valence-corrected chi connectivity index (χ2v) is 12.0. The minimum Gasteiger partial charge on any atom is -0.504 e. The predicted molar refractivity (Wildman–Crippen MR) is 127 cm³/mol. The van der Waals surface area contributed by atoms with Crippen LogP contribution in [0.15, 0.2) is 12.1 Å². The summed E-state index contributed by atoms with van der Waals surface area (Å²) in [5, 5.41) is 10.9. The van der Waals surface area contributed by atoms with Crippen LogP contribution >= 0.6 is 0 Å². The molecule has 1 aromatic rings. The second kappa shape index (κ2) is 7.34. The molecule has 0 radical (unpaired) electrons. The summed E-state index contributed by atoms with van der Waals surface area (Å²) < 4.78 is 19.2. The fourth-order valence-electron chi connectivity index (χ4n) is 8.26. The number of benzene rings is 1. The van der Waals surface area contributed by atoms with Crippen molar-refractivity contribution in [1.82, 2.24) is 9.80 Å². The Morgan fingerprint density at radius 1 is 1.21 bits per heavy atom. The first-order chi connectivity index (χ1) is 16.1. The van der Waals surface area contributed by atoms with Crippen molar-refractivity contribution in [2.45, 2.75) is 100 Å². The maximum atomic E-state index is 13.2. The van der Waals surface area contributed by atoms with Crippen molar-refractivity contribution < 1.29 is 24.1 Å². The second-order valence-electron chi connectivity index (χ2n) is 12.0. The van der Waals surface area contributed by atoms with Crippen molar-refractivity contribution >= 4 is 5.97 Å². The number of ether oxygens (including phenoxy) is 3. The van der Waals surface area contributed by atoms with Crippen LogP contribution in [0.2, 0.25) is 0 Å². The summed E-state index contributed by atoms with van der Waals surface area (Å²) in [6.07, 6.45) is 5.26. The minimum absolute atomic E-state index is 0.0742. The van der Waals surface area contributed by atoms with Gasteiger partial charge in [-0.3, -0.25) is 9.69 Å². The highest BCUT2D eigenvalue weighted by Crippen LogP contribution is 2.66. The van der Waals surface area contributed by atoms with Crippen LogP contribution in [-0.4, -0.2) is 83.6 Å². The van der Waals surface area contributed by atoms with Gasteiger partial charge in [-0.2, -0.15) is 0 Å². The Kier molecular flexibility index (Phi) is 4.88. The molecule has 1 aromatic carbocycles. The Bertz CT molecular complexity index is 1020. The normalized spacial score (nSPS) is 39.0. The van der Waals surface area contributed by atoms with Crippen molar-refractivity contribution in [3.05, 3.63) is 23.3 Å². The summed E-state index contributed by atoms with van der Waals surface area (Å²) in [5.74, 6) is 0.732. The molecular weight excluding hydrogens is 432 g/mol. The first kappa shape index (κ1) is 22.6. The maximum Gasteiger partial charge on any atom is 0.323 e. The number of phenols is 1. The molecule has 7 nitrogen and oxygen atoms in total. The van der Waals surface area contributed by atoms with Crippen molar-refractivity contribution in [3.63, 3.8) is 0 Å². The van der Waals surface area contributed by atoms with Crippen LogP contribution in [-0.2, 0) is 26.1 Å². The molecule has 7 heteroatoms. The number of hydrogen-bond acceptors (Lipinski definition) is 7. The lowest BCUT2D eigenvalue weighted by Gasteiger charge is -2.66. The highest BCUT2D eigenvalue weighted by atomic mass is 16.6. The van der Waals surface area contributed by atoms with Gasteiger partial charge >= 0.3 is 5.97 Å². The van der Waals surface area contributed by atoms with Crippen LogP contribution in [0.4, 0.5) is 0 Å². The molecule has 6 atom stereocenters. The van der Waals surface area contributed by atoms with E-state index >= 15 is 0 Å². The third-order valence-corrected chi connectivity index (χ3v) is 9.42. The fourth-order valence-corrected chi connectivity index (χ4v) is 8.26. The highest BCUT2D eigenvalue weighted by molar-refractivity contribution is 5.76. The molecule has 3 fully saturated rings. The molecule has 2 bridgehead atoms. The zero-order valence-corrected chi connectivity index (χ0v) is 21.1. The number of aromatic hydroxyl groups is 1. The molecule has 1 saturated carbocycles. The lowest BCUT2D eigenvalue weighted by Crippen LogP contribution is -2.78. The van der Waals surface area contributed by atoms with Gasteiger partial charge < -0.3 is 24.2 Å². The van der Waals surface area contributed by atoms with Gasteiger partial charge in [-0.15, -0.1) is 0 Å². The van der Waals surface area contributed by atoms with Crippen molar-refractivity contribution in [2.24, 2.45) is 0 Å². The van der Waals surface area contributed by atoms with E-state index in [-0.39, 0.29) is 47.0 Å². The van der Waals surface area contributed by atoms with Crippen LogP contribution in [0.3, 0.4) is 0 Å². The molecule has 0 unspecified atom stereocenters. The van der Waals surface area contributed by atoms with Crippen molar-refractivity contribution in [2.75, 3.05) is 27.2 Å². The van der Waals surface area contributed by atoms with Gasteiger partial charge in [0.25, 0.3) is 0 Å².